The Morgan fingerprint density at radius 2 is 2.21 bits per heavy atom. The topological polar surface area (TPSA) is 101 Å². The molecule has 0 spiro atoms. The number of urea groups is 1. The van der Waals surface area contributed by atoms with E-state index in [0.29, 0.717) is 25.5 Å². The lowest BCUT2D eigenvalue weighted by Crippen LogP contribution is -2.37. The Bertz CT molecular complexity index is 437. The molecule has 1 aromatic heterocycles. The molecule has 0 aliphatic carbocycles. The number of carboxylic acid groups (broad SMARTS) is 1. The van der Waals surface area contributed by atoms with Crippen LogP contribution < -0.4 is 10.6 Å². The van der Waals surface area contributed by atoms with E-state index in [2.05, 4.69) is 15.6 Å². The van der Waals surface area contributed by atoms with Gasteiger partial charge in [0, 0.05) is 19.3 Å². The smallest absolute Gasteiger partial charge is 0.335 e. The summed E-state index contributed by atoms with van der Waals surface area (Å²) in [6, 6.07) is 2.47. The number of hydrogen-bond donors (Lipinski definition) is 3. The highest BCUT2D eigenvalue weighted by atomic mass is 16.5. The van der Waals surface area contributed by atoms with Crippen LogP contribution in [0.15, 0.2) is 18.3 Å². The van der Waals surface area contributed by atoms with Gasteiger partial charge in [-0.3, -0.25) is 4.98 Å². The van der Waals surface area contributed by atoms with Crippen LogP contribution in [0.2, 0.25) is 0 Å². The minimum absolute atomic E-state index is 0.142. The number of aromatic nitrogens is 1. The second-order valence-electron chi connectivity index (χ2n) is 3.65. The van der Waals surface area contributed by atoms with Gasteiger partial charge in [0.05, 0.1) is 24.4 Å². The van der Waals surface area contributed by atoms with Crippen molar-refractivity contribution in [1.29, 1.82) is 0 Å². The van der Waals surface area contributed by atoms with Gasteiger partial charge >= 0.3 is 12.0 Å². The molecule has 0 radical (unpaired) electrons. The van der Waals surface area contributed by atoms with Crippen LogP contribution in [0.5, 0.6) is 0 Å². The van der Waals surface area contributed by atoms with Crippen molar-refractivity contribution < 1.29 is 19.4 Å². The van der Waals surface area contributed by atoms with E-state index >= 15 is 0 Å². The molecule has 3 N–H and O–H groups in total. The van der Waals surface area contributed by atoms with Gasteiger partial charge in [-0.2, -0.15) is 0 Å². The quantitative estimate of drug-likeness (QED) is 0.629. The Morgan fingerprint density at radius 1 is 1.42 bits per heavy atom. The maximum Gasteiger partial charge on any atom is 0.335 e. The molecule has 1 rings (SSSR count). The van der Waals surface area contributed by atoms with Gasteiger partial charge in [-0.1, -0.05) is 0 Å². The van der Waals surface area contributed by atoms with Gasteiger partial charge in [0.25, 0.3) is 0 Å². The average molecular weight is 267 g/mol. The molecule has 19 heavy (non-hydrogen) atoms. The lowest BCUT2D eigenvalue weighted by Gasteiger charge is -2.07. The van der Waals surface area contributed by atoms with Crippen molar-refractivity contribution in [3.8, 4) is 0 Å². The van der Waals surface area contributed by atoms with Crippen molar-refractivity contribution in [3.05, 3.63) is 29.6 Å². The molecule has 2 amide bonds. The fourth-order valence-electron chi connectivity index (χ4n) is 1.32. The predicted octanol–water partition coefficient (Wildman–Crippen LogP) is 0.615. The molecular weight excluding hydrogens is 250 g/mol. The summed E-state index contributed by atoms with van der Waals surface area (Å²) in [5.41, 5.74) is 0.628. The lowest BCUT2D eigenvalue weighted by atomic mass is 10.2. The average Bonchev–Trinajstić information content (AvgIpc) is 2.41. The fraction of sp³-hybridized carbons (Fsp3) is 0.417. The molecule has 0 bridgehead atoms. The Morgan fingerprint density at radius 3 is 2.89 bits per heavy atom. The van der Waals surface area contributed by atoms with Crippen LogP contribution in [0.3, 0.4) is 0 Å². The lowest BCUT2D eigenvalue weighted by molar-refractivity contribution is 0.0696. The largest absolute Gasteiger partial charge is 0.478 e. The number of nitrogens with zero attached hydrogens (tertiary/aromatic N) is 1. The second-order valence-corrected chi connectivity index (χ2v) is 3.65. The van der Waals surface area contributed by atoms with Crippen molar-refractivity contribution in [2.75, 3.05) is 19.8 Å². The molecule has 7 nitrogen and oxygen atoms in total. The molecule has 1 aromatic rings. The molecular formula is C12H17N3O4. The Labute approximate surface area is 111 Å². The van der Waals surface area contributed by atoms with Gasteiger partial charge in [-0.15, -0.1) is 0 Å². The molecule has 0 aliphatic rings. The summed E-state index contributed by atoms with van der Waals surface area (Å²) < 4.78 is 5.07. The third-order valence-corrected chi connectivity index (χ3v) is 2.23. The van der Waals surface area contributed by atoms with Crippen LogP contribution in [0.25, 0.3) is 0 Å². The van der Waals surface area contributed by atoms with Crippen LogP contribution >= 0.6 is 0 Å². The fourth-order valence-corrected chi connectivity index (χ4v) is 1.32. The van der Waals surface area contributed by atoms with Crippen LogP contribution in [0.1, 0.15) is 23.0 Å². The van der Waals surface area contributed by atoms with E-state index in [1.807, 2.05) is 6.92 Å². The van der Waals surface area contributed by atoms with Crippen molar-refractivity contribution in [3.63, 3.8) is 0 Å². The number of carbonyl (C=O) groups is 2. The summed E-state index contributed by atoms with van der Waals surface area (Å²) in [6.07, 6.45) is 1.40. The van der Waals surface area contributed by atoms with Gasteiger partial charge in [0.2, 0.25) is 0 Å². The van der Waals surface area contributed by atoms with Crippen LogP contribution in [0.4, 0.5) is 4.79 Å². The summed E-state index contributed by atoms with van der Waals surface area (Å²) in [7, 11) is 0. The van der Waals surface area contributed by atoms with Crippen molar-refractivity contribution in [2.24, 2.45) is 0 Å². The van der Waals surface area contributed by atoms with E-state index in [0.717, 1.165) is 0 Å². The third-order valence-electron chi connectivity index (χ3n) is 2.23. The van der Waals surface area contributed by atoms with Crippen LogP contribution in [-0.4, -0.2) is 41.8 Å². The number of ether oxygens (including phenoxy) is 1. The number of aromatic carboxylic acids is 1. The van der Waals surface area contributed by atoms with Crippen molar-refractivity contribution >= 4 is 12.0 Å². The van der Waals surface area contributed by atoms with Gasteiger partial charge in [-0.25, -0.2) is 9.59 Å². The van der Waals surface area contributed by atoms with E-state index in [9.17, 15) is 9.59 Å². The number of amides is 2. The monoisotopic (exact) mass is 267 g/mol. The first-order valence-corrected chi connectivity index (χ1v) is 5.91. The number of carboxylic acids is 1. The Kier molecular flexibility index (Phi) is 6.31. The minimum atomic E-state index is -1.02. The summed E-state index contributed by atoms with van der Waals surface area (Å²) in [5, 5.41) is 14.0. The van der Waals surface area contributed by atoms with E-state index < -0.39 is 5.97 Å². The molecule has 7 heteroatoms. The number of carbonyl (C=O) groups excluding carboxylic acids is 1. The molecule has 0 aliphatic heterocycles. The zero-order chi connectivity index (χ0) is 14.1. The van der Waals surface area contributed by atoms with Crippen molar-refractivity contribution in [2.45, 2.75) is 13.5 Å². The Balaban J connectivity index is 2.33. The maximum atomic E-state index is 11.4. The first-order valence-electron chi connectivity index (χ1n) is 5.91. The summed E-state index contributed by atoms with van der Waals surface area (Å²) in [6.45, 7) is 3.52. The number of rotatable bonds is 7. The zero-order valence-corrected chi connectivity index (χ0v) is 10.7. The standard InChI is InChI=1S/C12H17N3O4/c1-2-19-6-5-14-12(18)15-8-10-7-9(11(16)17)3-4-13-10/h3-4,7H,2,5-6,8H2,1H3,(H,16,17)(H2,14,15,18). The van der Waals surface area contributed by atoms with E-state index in [4.69, 9.17) is 9.84 Å². The SMILES string of the molecule is CCOCCNC(=O)NCc1cc(C(=O)O)ccn1. The molecule has 104 valence electrons. The molecule has 0 fully saturated rings. The van der Waals surface area contributed by atoms with Gasteiger partial charge < -0.3 is 20.5 Å². The first-order chi connectivity index (χ1) is 9.13. The van der Waals surface area contributed by atoms with Crippen LogP contribution in [0, 0.1) is 0 Å². The molecule has 0 saturated carbocycles. The van der Waals surface area contributed by atoms with Crippen molar-refractivity contribution in [1.82, 2.24) is 15.6 Å². The third kappa shape index (κ3) is 5.82. The molecule has 1 heterocycles. The Hall–Kier alpha value is -2.15. The van der Waals surface area contributed by atoms with Gasteiger partial charge in [0.15, 0.2) is 0 Å². The zero-order valence-electron chi connectivity index (χ0n) is 10.7. The first kappa shape index (κ1) is 14.9. The number of hydrogen-bond acceptors (Lipinski definition) is 4. The molecule has 0 unspecified atom stereocenters. The minimum Gasteiger partial charge on any atom is -0.478 e. The van der Waals surface area contributed by atoms with E-state index in [-0.39, 0.29) is 18.1 Å². The normalized spacial score (nSPS) is 9.95. The predicted molar refractivity (Wildman–Crippen MR) is 67.9 cm³/mol. The van der Waals surface area contributed by atoms with Gasteiger partial charge in [-0.05, 0) is 19.1 Å². The summed E-state index contributed by atoms with van der Waals surface area (Å²) in [5.74, 6) is -1.02. The molecule has 0 saturated heterocycles. The number of pyridine rings is 1. The maximum absolute atomic E-state index is 11.4. The molecule has 0 atom stereocenters. The summed E-state index contributed by atoms with van der Waals surface area (Å²) in [4.78, 5) is 26.1. The van der Waals surface area contributed by atoms with Crippen LogP contribution in [-0.2, 0) is 11.3 Å². The highest BCUT2D eigenvalue weighted by molar-refractivity contribution is 5.87. The number of nitrogens with one attached hydrogen (secondary N) is 2. The van der Waals surface area contributed by atoms with Gasteiger partial charge in [0.1, 0.15) is 0 Å². The van der Waals surface area contributed by atoms with E-state index in [1.165, 1.54) is 18.3 Å². The highest BCUT2D eigenvalue weighted by Crippen LogP contribution is 2.01. The van der Waals surface area contributed by atoms with E-state index in [1.54, 1.807) is 0 Å². The highest BCUT2D eigenvalue weighted by Gasteiger charge is 2.05. The molecule has 0 aromatic carbocycles. The second kappa shape index (κ2) is 8.04. The summed E-state index contributed by atoms with van der Waals surface area (Å²) >= 11 is 0.